The fourth-order valence-electron chi connectivity index (χ4n) is 3.83. The Hall–Kier alpha value is -1.58. The van der Waals surface area contributed by atoms with Crippen molar-refractivity contribution >= 4 is 11.6 Å². The van der Waals surface area contributed by atoms with Crippen LogP contribution in [-0.4, -0.2) is 21.1 Å². The Morgan fingerprint density at radius 3 is 2.76 bits per heavy atom. The highest BCUT2D eigenvalue weighted by Crippen LogP contribution is 2.43. The molecule has 3 rings (SSSR count). The highest BCUT2D eigenvalue weighted by atomic mass is 15.3. The number of pyridine rings is 1. The number of rotatable bonds is 5. The van der Waals surface area contributed by atoms with E-state index in [4.69, 9.17) is 0 Å². The van der Waals surface area contributed by atoms with Crippen LogP contribution in [0, 0.1) is 18.3 Å². The Labute approximate surface area is 127 Å². The number of nitrogens with zero attached hydrogens (tertiary/aromatic N) is 3. The summed E-state index contributed by atoms with van der Waals surface area (Å²) < 4.78 is 1.86. The molecule has 21 heavy (non-hydrogen) atoms. The third-order valence-corrected chi connectivity index (χ3v) is 4.68. The van der Waals surface area contributed by atoms with Crippen molar-refractivity contribution in [2.24, 2.45) is 11.3 Å². The van der Waals surface area contributed by atoms with Crippen molar-refractivity contribution in [1.29, 1.82) is 0 Å². The van der Waals surface area contributed by atoms with Crippen LogP contribution in [0.4, 0.5) is 5.95 Å². The molecule has 1 N–H and O–H groups in total. The normalized spacial score (nSPS) is 17.7. The second kappa shape index (κ2) is 5.66. The minimum absolute atomic E-state index is 0.445. The highest BCUT2D eigenvalue weighted by Gasteiger charge is 2.34. The van der Waals surface area contributed by atoms with Crippen LogP contribution < -0.4 is 5.32 Å². The third-order valence-electron chi connectivity index (χ3n) is 4.68. The lowest BCUT2D eigenvalue weighted by Crippen LogP contribution is -2.28. The van der Waals surface area contributed by atoms with Gasteiger partial charge in [-0.3, -0.25) is 0 Å². The molecule has 0 saturated heterocycles. The van der Waals surface area contributed by atoms with Gasteiger partial charge in [-0.15, -0.1) is 5.10 Å². The Kier molecular flexibility index (Phi) is 3.87. The van der Waals surface area contributed by atoms with Gasteiger partial charge in [0.2, 0.25) is 5.95 Å². The maximum absolute atomic E-state index is 4.62. The molecule has 2 aromatic heterocycles. The van der Waals surface area contributed by atoms with E-state index in [0.29, 0.717) is 5.41 Å². The fraction of sp³-hybridized carbons (Fsp3) is 0.647. The van der Waals surface area contributed by atoms with Gasteiger partial charge in [-0.2, -0.15) is 4.98 Å². The number of hydrogen-bond donors (Lipinski definition) is 1. The van der Waals surface area contributed by atoms with Crippen LogP contribution in [0.15, 0.2) is 18.3 Å². The summed E-state index contributed by atoms with van der Waals surface area (Å²) in [6.07, 6.45) is 8.67. The number of aryl methyl sites for hydroxylation is 1. The minimum atomic E-state index is 0.445. The zero-order valence-electron chi connectivity index (χ0n) is 13.4. The van der Waals surface area contributed by atoms with Gasteiger partial charge in [-0.05, 0) is 49.1 Å². The van der Waals surface area contributed by atoms with E-state index >= 15 is 0 Å². The number of nitrogens with one attached hydrogen (secondary N) is 1. The molecule has 2 aromatic rings. The number of aromatic nitrogens is 3. The summed E-state index contributed by atoms with van der Waals surface area (Å²) in [6.45, 7) is 7.73. The first-order chi connectivity index (χ1) is 10.1. The zero-order valence-corrected chi connectivity index (χ0v) is 13.4. The lowest BCUT2D eigenvalue weighted by Gasteiger charge is -2.30. The quantitative estimate of drug-likeness (QED) is 0.901. The van der Waals surface area contributed by atoms with Gasteiger partial charge in [0, 0.05) is 12.7 Å². The number of anilines is 1. The van der Waals surface area contributed by atoms with Crippen molar-refractivity contribution in [1.82, 2.24) is 14.6 Å². The molecule has 0 aromatic carbocycles. The van der Waals surface area contributed by atoms with Crippen LogP contribution in [0.2, 0.25) is 0 Å². The molecule has 114 valence electrons. The van der Waals surface area contributed by atoms with Crippen molar-refractivity contribution < 1.29 is 0 Å². The Bertz CT molecular complexity index is 608. The number of fused-ring (bicyclic) bond motifs is 1. The first-order valence-corrected chi connectivity index (χ1v) is 8.14. The van der Waals surface area contributed by atoms with E-state index in [0.717, 1.165) is 29.6 Å². The van der Waals surface area contributed by atoms with Gasteiger partial charge in [-0.1, -0.05) is 32.8 Å². The molecule has 0 radical (unpaired) electrons. The summed E-state index contributed by atoms with van der Waals surface area (Å²) in [5.74, 6) is 1.51. The van der Waals surface area contributed by atoms with Crippen LogP contribution in [0.1, 0.15) is 51.5 Å². The fourth-order valence-corrected chi connectivity index (χ4v) is 3.83. The van der Waals surface area contributed by atoms with Crippen molar-refractivity contribution in [2.75, 3.05) is 11.9 Å². The van der Waals surface area contributed by atoms with E-state index < -0.39 is 0 Å². The van der Waals surface area contributed by atoms with Gasteiger partial charge in [-0.25, -0.2) is 4.52 Å². The maximum Gasteiger partial charge on any atom is 0.243 e. The second-order valence-electron chi connectivity index (χ2n) is 7.05. The van der Waals surface area contributed by atoms with Gasteiger partial charge in [0.15, 0.2) is 5.65 Å². The average molecular weight is 286 g/mol. The molecule has 1 aliphatic carbocycles. The summed E-state index contributed by atoms with van der Waals surface area (Å²) in [6, 6.07) is 4.09. The molecule has 4 heteroatoms. The van der Waals surface area contributed by atoms with Gasteiger partial charge < -0.3 is 5.32 Å². The van der Waals surface area contributed by atoms with Crippen molar-refractivity contribution in [3.63, 3.8) is 0 Å². The van der Waals surface area contributed by atoms with Crippen molar-refractivity contribution in [2.45, 2.75) is 52.9 Å². The van der Waals surface area contributed by atoms with Crippen molar-refractivity contribution in [3.05, 3.63) is 23.9 Å². The summed E-state index contributed by atoms with van der Waals surface area (Å²) in [5.41, 5.74) is 2.56. The van der Waals surface area contributed by atoms with Crippen LogP contribution in [0.25, 0.3) is 5.65 Å². The molecule has 2 heterocycles. The molecule has 1 aliphatic rings. The van der Waals surface area contributed by atoms with E-state index in [1.807, 2.05) is 16.8 Å². The first-order valence-electron chi connectivity index (χ1n) is 8.14. The first kappa shape index (κ1) is 14.4. The topological polar surface area (TPSA) is 42.2 Å². The van der Waals surface area contributed by atoms with E-state index in [2.05, 4.69) is 42.2 Å². The summed E-state index contributed by atoms with van der Waals surface area (Å²) in [4.78, 5) is 4.62. The van der Waals surface area contributed by atoms with Gasteiger partial charge in [0.05, 0.1) is 0 Å². The monoisotopic (exact) mass is 286 g/mol. The molecule has 0 amide bonds. The molecule has 1 fully saturated rings. The van der Waals surface area contributed by atoms with Crippen LogP contribution >= 0.6 is 0 Å². The smallest absolute Gasteiger partial charge is 0.243 e. The minimum Gasteiger partial charge on any atom is -0.352 e. The predicted octanol–water partition coefficient (Wildman–Crippen LogP) is 4.06. The second-order valence-corrected chi connectivity index (χ2v) is 7.05. The lowest BCUT2D eigenvalue weighted by atomic mass is 9.78. The molecule has 0 bridgehead atoms. The van der Waals surface area contributed by atoms with Crippen LogP contribution in [0.5, 0.6) is 0 Å². The Morgan fingerprint density at radius 2 is 2.10 bits per heavy atom. The zero-order chi connectivity index (χ0) is 14.9. The van der Waals surface area contributed by atoms with Gasteiger partial charge >= 0.3 is 0 Å². The van der Waals surface area contributed by atoms with E-state index in [1.165, 1.54) is 32.1 Å². The van der Waals surface area contributed by atoms with E-state index in [1.54, 1.807) is 0 Å². The summed E-state index contributed by atoms with van der Waals surface area (Å²) in [7, 11) is 0. The molecule has 0 aliphatic heterocycles. The molecule has 0 atom stereocenters. The van der Waals surface area contributed by atoms with Crippen LogP contribution in [-0.2, 0) is 0 Å². The highest BCUT2D eigenvalue weighted by molar-refractivity contribution is 5.49. The summed E-state index contributed by atoms with van der Waals surface area (Å²) in [5, 5.41) is 8.05. The largest absolute Gasteiger partial charge is 0.352 e. The van der Waals surface area contributed by atoms with Gasteiger partial charge in [0.25, 0.3) is 0 Å². The van der Waals surface area contributed by atoms with Crippen LogP contribution in [0.3, 0.4) is 0 Å². The molecule has 4 nitrogen and oxygen atoms in total. The molecular formula is C17H26N4. The maximum atomic E-state index is 4.62. The molecule has 0 unspecified atom stereocenters. The van der Waals surface area contributed by atoms with Gasteiger partial charge in [0.1, 0.15) is 0 Å². The molecular weight excluding hydrogens is 260 g/mol. The van der Waals surface area contributed by atoms with E-state index in [9.17, 15) is 0 Å². The third kappa shape index (κ3) is 3.04. The Morgan fingerprint density at radius 1 is 1.33 bits per heavy atom. The lowest BCUT2D eigenvalue weighted by molar-refractivity contribution is 0.252. The van der Waals surface area contributed by atoms with E-state index in [-0.39, 0.29) is 0 Å². The Balaban J connectivity index is 1.74. The summed E-state index contributed by atoms with van der Waals surface area (Å²) >= 11 is 0. The molecule has 1 saturated carbocycles. The SMILES string of the molecule is Cc1cccn2nc(NCC3(CC(C)C)CCCC3)nc12. The van der Waals surface area contributed by atoms with Crippen molar-refractivity contribution in [3.8, 4) is 0 Å². The predicted molar refractivity (Wildman–Crippen MR) is 86.6 cm³/mol. The number of hydrogen-bond acceptors (Lipinski definition) is 3. The standard InChI is InChI=1S/C17H26N4/c1-13(2)11-17(8-4-5-9-17)12-18-16-19-15-14(3)7-6-10-21(15)20-16/h6-7,10,13H,4-5,8-9,11-12H2,1-3H3,(H,18,20). The molecule has 0 spiro atoms. The average Bonchev–Trinajstić information content (AvgIpc) is 3.03.